The van der Waals surface area contributed by atoms with Gasteiger partial charge in [0.2, 0.25) is 0 Å². The normalized spacial score (nSPS) is 10.5. The predicted octanol–water partition coefficient (Wildman–Crippen LogP) is 5.26. The largest absolute Gasteiger partial charge is 0.369 e. The Labute approximate surface area is 134 Å². The van der Waals surface area contributed by atoms with Crippen molar-refractivity contribution in [2.75, 3.05) is 17.2 Å². The number of pyridine rings is 1. The van der Waals surface area contributed by atoms with E-state index in [2.05, 4.69) is 37.6 Å². The minimum atomic E-state index is 0.516. The molecule has 0 unspecified atom stereocenters. The first-order valence-corrected chi connectivity index (χ1v) is 8.09. The topological polar surface area (TPSA) is 37.0 Å². The van der Waals surface area contributed by atoms with Gasteiger partial charge in [0.15, 0.2) is 0 Å². The summed E-state index contributed by atoms with van der Waals surface area (Å²) in [4.78, 5) is 5.59. The second-order valence-electron chi connectivity index (χ2n) is 3.76. The second-order valence-corrected chi connectivity index (χ2v) is 6.49. The Kier molecular flexibility index (Phi) is 5.33. The third-order valence-electron chi connectivity index (χ3n) is 2.33. The lowest BCUT2D eigenvalue weighted by molar-refractivity contribution is 1.11. The van der Waals surface area contributed by atoms with Gasteiger partial charge < -0.3 is 10.6 Å². The highest BCUT2D eigenvalue weighted by molar-refractivity contribution is 9.10. The number of nitrogens with zero attached hydrogens (tertiary/aromatic N) is 1. The highest BCUT2D eigenvalue weighted by Gasteiger charge is 2.09. The monoisotopic (exact) mass is 379 g/mol. The van der Waals surface area contributed by atoms with Crippen molar-refractivity contribution in [3.05, 3.63) is 36.9 Å². The average molecular weight is 381 g/mol. The molecule has 0 atom stereocenters. The van der Waals surface area contributed by atoms with Gasteiger partial charge in [-0.05, 0) is 35.0 Å². The number of hydrogen-bond acceptors (Lipinski definition) is 4. The first-order chi connectivity index (χ1) is 9.10. The molecule has 102 valence electrons. The van der Waals surface area contributed by atoms with Gasteiger partial charge in [-0.25, -0.2) is 4.98 Å². The molecule has 2 rings (SSSR count). The van der Waals surface area contributed by atoms with Crippen molar-refractivity contribution in [3.63, 3.8) is 0 Å². The van der Waals surface area contributed by atoms with Gasteiger partial charge in [0.05, 0.1) is 16.6 Å². The molecule has 7 heteroatoms. The summed E-state index contributed by atoms with van der Waals surface area (Å²) in [6, 6.07) is 3.76. The third kappa shape index (κ3) is 3.99. The molecule has 0 saturated carbocycles. The van der Waals surface area contributed by atoms with E-state index in [1.54, 1.807) is 17.4 Å². The number of halogens is 3. The predicted molar refractivity (Wildman–Crippen MR) is 87.8 cm³/mol. The fraction of sp³-hybridized carbons (Fsp3) is 0.250. The maximum absolute atomic E-state index is 6.13. The number of rotatable bonds is 5. The highest BCUT2D eigenvalue weighted by Crippen LogP contribution is 2.30. The summed E-state index contributed by atoms with van der Waals surface area (Å²) in [6.07, 6.45) is 0. The molecule has 0 aliphatic heterocycles. The SMILES string of the molecule is CCNc1nc(NCc2cc(Br)cs2)c(Cl)cc1Cl. The summed E-state index contributed by atoms with van der Waals surface area (Å²) in [7, 11) is 0. The molecule has 2 heterocycles. The van der Waals surface area contributed by atoms with Gasteiger partial charge >= 0.3 is 0 Å². The van der Waals surface area contributed by atoms with Crippen LogP contribution in [0, 0.1) is 0 Å². The maximum Gasteiger partial charge on any atom is 0.147 e. The van der Waals surface area contributed by atoms with E-state index in [4.69, 9.17) is 23.2 Å². The van der Waals surface area contributed by atoms with Crippen LogP contribution >= 0.6 is 50.5 Å². The van der Waals surface area contributed by atoms with Crippen LogP contribution in [0.15, 0.2) is 22.0 Å². The van der Waals surface area contributed by atoms with Gasteiger partial charge in [-0.2, -0.15) is 0 Å². The lowest BCUT2D eigenvalue weighted by Gasteiger charge is -2.11. The summed E-state index contributed by atoms with van der Waals surface area (Å²) in [5.41, 5.74) is 0. The van der Waals surface area contributed by atoms with Crippen molar-refractivity contribution in [2.24, 2.45) is 0 Å². The van der Waals surface area contributed by atoms with Crippen LogP contribution in [0.5, 0.6) is 0 Å². The lowest BCUT2D eigenvalue weighted by atomic mass is 10.4. The lowest BCUT2D eigenvalue weighted by Crippen LogP contribution is -2.05. The molecule has 2 aromatic rings. The molecule has 0 spiro atoms. The summed E-state index contributed by atoms with van der Waals surface area (Å²) in [5, 5.41) is 9.40. The van der Waals surface area contributed by atoms with Gasteiger partial charge in [-0.3, -0.25) is 0 Å². The first-order valence-electron chi connectivity index (χ1n) is 5.67. The quantitative estimate of drug-likeness (QED) is 0.742. The molecular weight excluding hydrogens is 369 g/mol. The van der Waals surface area contributed by atoms with Gasteiger partial charge in [0.1, 0.15) is 11.6 Å². The van der Waals surface area contributed by atoms with E-state index in [0.717, 1.165) is 11.0 Å². The fourth-order valence-electron chi connectivity index (χ4n) is 1.50. The Morgan fingerprint density at radius 1 is 1.21 bits per heavy atom. The zero-order valence-corrected chi connectivity index (χ0v) is 14.0. The van der Waals surface area contributed by atoms with Crippen LogP contribution in [-0.4, -0.2) is 11.5 Å². The van der Waals surface area contributed by atoms with E-state index in [-0.39, 0.29) is 0 Å². The summed E-state index contributed by atoms with van der Waals surface area (Å²) in [5.74, 6) is 1.27. The zero-order valence-electron chi connectivity index (χ0n) is 10.1. The van der Waals surface area contributed by atoms with E-state index in [1.807, 2.05) is 12.3 Å². The number of aromatic nitrogens is 1. The molecule has 0 aliphatic rings. The van der Waals surface area contributed by atoms with E-state index in [0.29, 0.717) is 28.2 Å². The van der Waals surface area contributed by atoms with Crippen LogP contribution in [0.1, 0.15) is 11.8 Å². The van der Waals surface area contributed by atoms with Crippen molar-refractivity contribution in [2.45, 2.75) is 13.5 Å². The number of nitrogens with one attached hydrogen (secondary N) is 2. The van der Waals surface area contributed by atoms with Crippen LogP contribution in [0.4, 0.5) is 11.6 Å². The van der Waals surface area contributed by atoms with Crippen molar-refractivity contribution in [3.8, 4) is 0 Å². The number of thiophene rings is 1. The minimum Gasteiger partial charge on any atom is -0.369 e. The number of hydrogen-bond donors (Lipinski definition) is 2. The maximum atomic E-state index is 6.13. The molecule has 19 heavy (non-hydrogen) atoms. The Bertz CT molecular complexity index is 574. The smallest absolute Gasteiger partial charge is 0.147 e. The molecule has 2 aromatic heterocycles. The van der Waals surface area contributed by atoms with Crippen molar-refractivity contribution in [1.29, 1.82) is 0 Å². The molecule has 0 saturated heterocycles. The standard InChI is InChI=1S/C12H12BrCl2N3S/c1-2-16-11-9(14)4-10(15)12(18-11)17-5-8-3-7(13)6-19-8/h3-4,6H,2,5H2,1H3,(H2,16,17,18). The molecule has 0 aromatic carbocycles. The molecule has 0 bridgehead atoms. The average Bonchev–Trinajstić information content (AvgIpc) is 2.77. The molecule has 3 nitrogen and oxygen atoms in total. The molecule has 0 radical (unpaired) electrons. The van der Waals surface area contributed by atoms with E-state index in [1.165, 1.54) is 4.88 Å². The Morgan fingerprint density at radius 3 is 2.47 bits per heavy atom. The molecule has 2 N–H and O–H groups in total. The van der Waals surface area contributed by atoms with E-state index in [9.17, 15) is 0 Å². The molecule has 0 amide bonds. The van der Waals surface area contributed by atoms with E-state index < -0.39 is 0 Å². The van der Waals surface area contributed by atoms with Crippen LogP contribution in [0.3, 0.4) is 0 Å². The van der Waals surface area contributed by atoms with Crippen molar-refractivity contribution < 1.29 is 0 Å². The first kappa shape index (κ1) is 14.9. The molecule has 0 fully saturated rings. The third-order valence-corrected chi connectivity index (χ3v) is 4.60. The molecule has 0 aliphatic carbocycles. The van der Waals surface area contributed by atoms with Gasteiger partial charge in [-0.1, -0.05) is 23.2 Å². The van der Waals surface area contributed by atoms with Crippen LogP contribution < -0.4 is 10.6 Å². The van der Waals surface area contributed by atoms with Gasteiger partial charge in [0.25, 0.3) is 0 Å². The Hall–Kier alpha value is -0.490. The van der Waals surface area contributed by atoms with Gasteiger partial charge in [0, 0.05) is 21.3 Å². The fourth-order valence-corrected chi connectivity index (χ4v) is 3.38. The molecular formula is C12H12BrCl2N3S. The number of anilines is 2. The Balaban J connectivity index is 2.13. The Morgan fingerprint density at radius 2 is 1.89 bits per heavy atom. The van der Waals surface area contributed by atoms with Crippen molar-refractivity contribution in [1.82, 2.24) is 4.98 Å². The summed E-state index contributed by atoms with van der Waals surface area (Å²) in [6.45, 7) is 3.42. The summed E-state index contributed by atoms with van der Waals surface area (Å²) < 4.78 is 1.08. The van der Waals surface area contributed by atoms with Crippen LogP contribution in [0.2, 0.25) is 10.0 Å². The zero-order chi connectivity index (χ0) is 13.8. The summed E-state index contributed by atoms with van der Waals surface area (Å²) >= 11 is 17.3. The minimum absolute atomic E-state index is 0.516. The van der Waals surface area contributed by atoms with E-state index >= 15 is 0 Å². The van der Waals surface area contributed by atoms with Crippen LogP contribution in [0.25, 0.3) is 0 Å². The van der Waals surface area contributed by atoms with Crippen molar-refractivity contribution >= 4 is 62.1 Å². The van der Waals surface area contributed by atoms with Gasteiger partial charge in [-0.15, -0.1) is 11.3 Å². The van der Waals surface area contributed by atoms with Crippen LogP contribution in [-0.2, 0) is 6.54 Å². The second kappa shape index (κ2) is 6.79. The highest BCUT2D eigenvalue weighted by atomic mass is 79.9.